The summed E-state index contributed by atoms with van der Waals surface area (Å²) in [6.45, 7) is 3.98. The van der Waals surface area contributed by atoms with E-state index in [1.54, 1.807) is 18.2 Å². The molecule has 0 bridgehead atoms. The first-order valence-corrected chi connectivity index (χ1v) is 10.7. The number of rotatable bonds is 6. The summed E-state index contributed by atoms with van der Waals surface area (Å²) in [5.41, 5.74) is 0.209. The molecule has 2 aliphatic rings. The van der Waals surface area contributed by atoms with Crippen LogP contribution in [0.15, 0.2) is 29.2 Å². The van der Waals surface area contributed by atoms with Crippen molar-refractivity contribution in [2.24, 2.45) is 5.92 Å². The maximum Gasteiger partial charge on any atom is 0.252 e. The van der Waals surface area contributed by atoms with Crippen LogP contribution in [0, 0.1) is 5.92 Å². The zero-order valence-corrected chi connectivity index (χ0v) is 15.8. The van der Waals surface area contributed by atoms with E-state index in [1.807, 2.05) is 0 Å². The molecule has 0 aromatic heterocycles. The SMILES string of the molecule is O=C(NCCC1CCCNC1)c1ccccc1S(=O)(=O)N1CCOCC1. The van der Waals surface area contributed by atoms with E-state index in [0.29, 0.717) is 38.8 Å². The van der Waals surface area contributed by atoms with Crippen molar-refractivity contribution in [2.75, 3.05) is 45.9 Å². The van der Waals surface area contributed by atoms with Crippen molar-refractivity contribution in [3.8, 4) is 0 Å². The van der Waals surface area contributed by atoms with Crippen LogP contribution >= 0.6 is 0 Å². The number of hydrogen-bond donors (Lipinski definition) is 2. The number of carbonyl (C=O) groups is 1. The van der Waals surface area contributed by atoms with Crippen molar-refractivity contribution in [1.29, 1.82) is 0 Å². The summed E-state index contributed by atoms with van der Waals surface area (Å²) in [4.78, 5) is 12.7. The van der Waals surface area contributed by atoms with Crippen LogP contribution in [0.4, 0.5) is 0 Å². The molecule has 26 heavy (non-hydrogen) atoms. The van der Waals surface area contributed by atoms with Gasteiger partial charge in [0.2, 0.25) is 10.0 Å². The highest BCUT2D eigenvalue weighted by Gasteiger charge is 2.30. The normalized spacial score (nSPS) is 22.1. The molecule has 1 amide bonds. The van der Waals surface area contributed by atoms with Crippen molar-refractivity contribution in [3.63, 3.8) is 0 Å². The topological polar surface area (TPSA) is 87.7 Å². The Bertz CT molecular complexity index is 711. The van der Waals surface area contributed by atoms with Gasteiger partial charge >= 0.3 is 0 Å². The Labute approximate surface area is 155 Å². The van der Waals surface area contributed by atoms with Crippen molar-refractivity contribution >= 4 is 15.9 Å². The second-order valence-electron chi connectivity index (χ2n) is 6.77. The van der Waals surface area contributed by atoms with Gasteiger partial charge in [-0.3, -0.25) is 4.79 Å². The smallest absolute Gasteiger partial charge is 0.252 e. The lowest BCUT2D eigenvalue weighted by Gasteiger charge is -2.27. The third-order valence-electron chi connectivity index (χ3n) is 4.96. The van der Waals surface area contributed by atoms with Gasteiger partial charge in [0.05, 0.1) is 23.7 Å². The van der Waals surface area contributed by atoms with Crippen LogP contribution in [0.2, 0.25) is 0 Å². The van der Waals surface area contributed by atoms with Gasteiger partial charge in [-0.05, 0) is 50.4 Å². The van der Waals surface area contributed by atoms with E-state index in [9.17, 15) is 13.2 Å². The molecular formula is C18H27N3O4S. The van der Waals surface area contributed by atoms with Crippen LogP contribution in [0.3, 0.4) is 0 Å². The highest BCUT2D eigenvalue weighted by Crippen LogP contribution is 2.21. The van der Waals surface area contributed by atoms with Gasteiger partial charge in [0.15, 0.2) is 0 Å². The molecule has 3 rings (SSSR count). The molecule has 1 aromatic rings. The van der Waals surface area contributed by atoms with E-state index < -0.39 is 10.0 Å². The van der Waals surface area contributed by atoms with Crippen molar-refractivity contribution in [3.05, 3.63) is 29.8 Å². The van der Waals surface area contributed by atoms with Gasteiger partial charge in [0.1, 0.15) is 0 Å². The Morgan fingerprint density at radius 1 is 1.27 bits per heavy atom. The lowest BCUT2D eigenvalue weighted by atomic mass is 9.96. The van der Waals surface area contributed by atoms with Crippen molar-refractivity contribution in [1.82, 2.24) is 14.9 Å². The third kappa shape index (κ3) is 4.62. The molecule has 0 radical (unpaired) electrons. The first-order chi connectivity index (χ1) is 12.6. The number of benzene rings is 1. The lowest BCUT2D eigenvalue weighted by Crippen LogP contribution is -2.41. The highest BCUT2D eigenvalue weighted by molar-refractivity contribution is 7.89. The second kappa shape index (κ2) is 8.94. The van der Waals surface area contributed by atoms with Crippen LogP contribution in [0.5, 0.6) is 0 Å². The third-order valence-corrected chi connectivity index (χ3v) is 6.91. The zero-order chi connectivity index (χ0) is 18.4. The molecule has 144 valence electrons. The molecule has 0 saturated carbocycles. The fourth-order valence-corrected chi connectivity index (χ4v) is 5.06. The Morgan fingerprint density at radius 2 is 2.04 bits per heavy atom. The molecule has 7 nitrogen and oxygen atoms in total. The number of nitrogens with zero attached hydrogens (tertiary/aromatic N) is 1. The summed E-state index contributed by atoms with van der Waals surface area (Å²) in [6, 6.07) is 6.42. The average molecular weight is 381 g/mol. The second-order valence-corrected chi connectivity index (χ2v) is 8.68. The molecule has 2 N–H and O–H groups in total. The Balaban J connectivity index is 1.66. The van der Waals surface area contributed by atoms with Crippen LogP contribution in [-0.2, 0) is 14.8 Å². The van der Waals surface area contributed by atoms with Crippen molar-refractivity contribution < 1.29 is 17.9 Å². The van der Waals surface area contributed by atoms with Gasteiger partial charge in [-0.15, -0.1) is 0 Å². The van der Waals surface area contributed by atoms with E-state index in [0.717, 1.165) is 19.5 Å². The quantitative estimate of drug-likeness (QED) is 0.762. The standard InChI is InChI=1S/C18H27N3O4S/c22-18(20-9-7-15-4-3-8-19-14-15)16-5-1-2-6-17(16)26(23,24)21-10-12-25-13-11-21/h1-2,5-6,15,19H,3-4,7-14H2,(H,20,22). The maximum absolute atomic E-state index is 12.9. The van der Waals surface area contributed by atoms with Gasteiger partial charge in [-0.25, -0.2) is 8.42 Å². The number of nitrogens with one attached hydrogen (secondary N) is 2. The Kier molecular flexibility index (Phi) is 6.63. The van der Waals surface area contributed by atoms with Gasteiger partial charge in [-0.1, -0.05) is 12.1 Å². The molecule has 0 spiro atoms. The monoisotopic (exact) mass is 381 g/mol. The van der Waals surface area contributed by atoms with E-state index in [-0.39, 0.29) is 16.4 Å². The van der Waals surface area contributed by atoms with Gasteiger partial charge < -0.3 is 15.4 Å². The first kappa shape index (κ1) is 19.3. The van der Waals surface area contributed by atoms with Crippen LogP contribution < -0.4 is 10.6 Å². The minimum atomic E-state index is -3.70. The molecule has 2 saturated heterocycles. The summed E-state index contributed by atoms with van der Waals surface area (Å²) < 4.78 is 32.4. The van der Waals surface area contributed by atoms with E-state index in [1.165, 1.54) is 23.2 Å². The summed E-state index contributed by atoms with van der Waals surface area (Å²) in [6.07, 6.45) is 3.24. The average Bonchev–Trinajstić information content (AvgIpc) is 2.69. The maximum atomic E-state index is 12.9. The summed E-state index contributed by atoms with van der Waals surface area (Å²) in [5, 5.41) is 6.25. The zero-order valence-electron chi connectivity index (χ0n) is 14.9. The van der Waals surface area contributed by atoms with E-state index >= 15 is 0 Å². The number of amides is 1. The molecule has 2 heterocycles. The predicted molar refractivity (Wildman–Crippen MR) is 98.6 cm³/mol. The molecule has 0 aliphatic carbocycles. The van der Waals surface area contributed by atoms with Gasteiger partial charge in [-0.2, -0.15) is 4.31 Å². The minimum absolute atomic E-state index is 0.0683. The number of carbonyl (C=O) groups excluding carboxylic acids is 1. The van der Waals surface area contributed by atoms with E-state index in [4.69, 9.17) is 4.74 Å². The largest absolute Gasteiger partial charge is 0.379 e. The fraction of sp³-hybridized carbons (Fsp3) is 0.611. The number of hydrogen-bond acceptors (Lipinski definition) is 5. The lowest BCUT2D eigenvalue weighted by molar-refractivity contribution is 0.0730. The van der Waals surface area contributed by atoms with Crippen LogP contribution in [0.25, 0.3) is 0 Å². The molecule has 2 fully saturated rings. The van der Waals surface area contributed by atoms with Crippen LogP contribution in [0.1, 0.15) is 29.6 Å². The number of sulfonamides is 1. The molecule has 8 heteroatoms. The molecule has 2 aliphatic heterocycles. The van der Waals surface area contributed by atoms with Crippen LogP contribution in [-0.4, -0.2) is 64.6 Å². The fourth-order valence-electron chi connectivity index (χ4n) is 3.46. The molecule has 1 unspecified atom stereocenters. The van der Waals surface area contributed by atoms with E-state index in [2.05, 4.69) is 10.6 Å². The Morgan fingerprint density at radius 3 is 2.77 bits per heavy atom. The predicted octanol–water partition coefficient (Wildman–Crippen LogP) is 0.827. The molecular weight excluding hydrogens is 354 g/mol. The number of morpholine rings is 1. The highest BCUT2D eigenvalue weighted by atomic mass is 32.2. The molecule has 1 atom stereocenters. The molecule has 1 aromatic carbocycles. The number of ether oxygens (including phenoxy) is 1. The Hall–Kier alpha value is -1.48. The van der Waals surface area contributed by atoms with Gasteiger partial charge in [0, 0.05) is 19.6 Å². The summed E-state index contributed by atoms with van der Waals surface area (Å²) >= 11 is 0. The number of piperidine rings is 1. The first-order valence-electron chi connectivity index (χ1n) is 9.25. The minimum Gasteiger partial charge on any atom is -0.379 e. The van der Waals surface area contributed by atoms with Crippen molar-refractivity contribution in [2.45, 2.75) is 24.2 Å². The summed E-state index contributed by atoms with van der Waals surface area (Å²) in [7, 11) is -3.70. The van der Waals surface area contributed by atoms with Gasteiger partial charge in [0.25, 0.3) is 5.91 Å². The summed E-state index contributed by atoms with van der Waals surface area (Å²) in [5.74, 6) is 0.234.